The maximum atomic E-state index is 5.42. The molecule has 1 aromatic heterocycles. The number of methoxy groups -OCH3 is 1. The first-order valence-corrected chi connectivity index (χ1v) is 11.1. The lowest BCUT2D eigenvalue weighted by molar-refractivity contribution is 0.145. The van der Waals surface area contributed by atoms with Gasteiger partial charge in [0.1, 0.15) is 11.6 Å². The molecule has 0 radical (unpaired) electrons. The van der Waals surface area contributed by atoms with Gasteiger partial charge in [-0.25, -0.2) is 9.98 Å². The molecule has 0 spiro atoms. The van der Waals surface area contributed by atoms with Crippen molar-refractivity contribution in [2.24, 2.45) is 4.99 Å². The predicted octanol–water partition coefficient (Wildman–Crippen LogP) is 3.60. The normalized spacial score (nSPS) is 11.3. The Morgan fingerprint density at radius 3 is 2.35 bits per heavy atom. The van der Waals surface area contributed by atoms with Crippen molar-refractivity contribution >= 4 is 11.8 Å². The standard InChI is InChI=1S/C24H37N5O2/c1-5-29(6-2)23-14-11-21(18-26-23)19-28-24(25-15-8-16-31-7-3)27-17-20-9-12-22(30-4)13-10-20/h9-14,18H,5-8,15-17,19H2,1-4H3,(H2,25,27,28). The molecule has 0 amide bonds. The molecule has 2 N–H and O–H groups in total. The smallest absolute Gasteiger partial charge is 0.191 e. The van der Waals surface area contributed by atoms with E-state index in [1.165, 1.54) is 0 Å². The zero-order valence-corrected chi connectivity index (χ0v) is 19.4. The largest absolute Gasteiger partial charge is 0.497 e. The zero-order valence-electron chi connectivity index (χ0n) is 19.4. The topological polar surface area (TPSA) is 71.0 Å². The Labute approximate surface area is 186 Å². The Morgan fingerprint density at radius 1 is 1.00 bits per heavy atom. The van der Waals surface area contributed by atoms with E-state index in [4.69, 9.17) is 14.5 Å². The summed E-state index contributed by atoms with van der Waals surface area (Å²) in [5.74, 6) is 2.64. The van der Waals surface area contributed by atoms with E-state index in [-0.39, 0.29) is 0 Å². The van der Waals surface area contributed by atoms with Crippen LogP contribution in [0.1, 0.15) is 38.3 Å². The van der Waals surface area contributed by atoms with E-state index >= 15 is 0 Å². The average molecular weight is 428 g/mol. The molecule has 2 rings (SSSR count). The number of nitrogens with one attached hydrogen (secondary N) is 2. The summed E-state index contributed by atoms with van der Waals surface area (Å²) < 4.78 is 10.6. The molecule has 0 aliphatic heterocycles. The number of benzene rings is 1. The van der Waals surface area contributed by atoms with Gasteiger partial charge in [-0.3, -0.25) is 0 Å². The van der Waals surface area contributed by atoms with Crippen molar-refractivity contribution in [1.82, 2.24) is 15.6 Å². The molecule has 0 fully saturated rings. The summed E-state index contributed by atoms with van der Waals surface area (Å²) >= 11 is 0. The highest BCUT2D eigenvalue weighted by molar-refractivity contribution is 5.79. The van der Waals surface area contributed by atoms with Crippen LogP contribution in [0, 0.1) is 0 Å². The fraction of sp³-hybridized carbons (Fsp3) is 0.500. The number of anilines is 1. The highest BCUT2D eigenvalue weighted by Crippen LogP contribution is 2.12. The minimum Gasteiger partial charge on any atom is -0.497 e. The lowest BCUT2D eigenvalue weighted by Gasteiger charge is -2.19. The Balaban J connectivity index is 1.97. The van der Waals surface area contributed by atoms with Gasteiger partial charge in [0, 0.05) is 45.6 Å². The molecule has 1 heterocycles. The van der Waals surface area contributed by atoms with Crippen molar-refractivity contribution in [1.29, 1.82) is 0 Å². The van der Waals surface area contributed by atoms with E-state index < -0.39 is 0 Å². The van der Waals surface area contributed by atoms with E-state index in [1.807, 2.05) is 37.4 Å². The van der Waals surface area contributed by atoms with Gasteiger partial charge in [0.15, 0.2) is 5.96 Å². The van der Waals surface area contributed by atoms with Gasteiger partial charge in [0.05, 0.1) is 13.7 Å². The van der Waals surface area contributed by atoms with E-state index in [2.05, 4.69) is 46.5 Å². The van der Waals surface area contributed by atoms with Gasteiger partial charge >= 0.3 is 0 Å². The number of nitrogens with zero attached hydrogens (tertiary/aromatic N) is 3. The van der Waals surface area contributed by atoms with Crippen LogP contribution in [0.3, 0.4) is 0 Å². The number of pyridine rings is 1. The number of hydrogen-bond acceptors (Lipinski definition) is 5. The summed E-state index contributed by atoms with van der Waals surface area (Å²) in [5, 5.41) is 6.81. The summed E-state index contributed by atoms with van der Waals surface area (Å²) in [6.45, 7) is 11.7. The zero-order chi connectivity index (χ0) is 22.3. The lowest BCUT2D eigenvalue weighted by atomic mass is 10.2. The third-order valence-electron chi connectivity index (χ3n) is 4.90. The van der Waals surface area contributed by atoms with Crippen molar-refractivity contribution in [3.05, 3.63) is 53.7 Å². The van der Waals surface area contributed by atoms with Crippen LogP contribution in [0.5, 0.6) is 5.75 Å². The summed E-state index contributed by atoms with van der Waals surface area (Å²) in [7, 11) is 1.67. The Hall–Kier alpha value is -2.80. The molecule has 1 aromatic carbocycles. The lowest BCUT2D eigenvalue weighted by Crippen LogP contribution is -2.37. The minimum atomic E-state index is 0.564. The van der Waals surface area contributed by atoms with Crippen LogP contribution in [0.4, 0.5) is 5.82 Å². The predicted molar refractivity (Wildman–Crippen MR) is 128 cm³/mol. The van der Waals surface area contributed by atoms with Crippen LogP contribution in [-0.2, 0) is 17.8 Å². The average Bonchev–Trinajstić information content (AvgIpc) is 2.82. The molecule has 31 heavy (non-hydrogen) atoms. The SMILES string of the molecule is CCOCCCNC(=NCc1ccc(N(CC)CC)nc1)NCc1ccc(OC)cc1. The van der Waals surface area contributed by atoms with Gasteiger partial charge in [0.25, 0.3) is 0 Å². The number of ether oxygens (including phenoxy) is 2. The second-order valence-electron chi connectivity index (χ2n) is 7.04. The van der Waals surface area contributed by atoms with Gasteiger partial charge in [0.2, 0.25) is 0 Å². The highest BCUT2D eigenvalue weighted by atomic mass is 16.5. The van der Waals surface area contributed by atoms with E-state index in [9.17, 15) is 0 Å². The number of aliphatic imine (C=N–C) groups is 1. The monoisotopic (exact) mass is 427 g/mol. The second-order valence-corrected chi connectivity index (χ2v) is 7.04. The maximum Gasteiger partial charge on any atom is 0.191 e. The maximum absolute atomic E-state index is 5.42. The minimum absolute atomic E-state index is 0.564. The Bertz CT molecular complexity index is 759. The Kier molecular flexibility index (Phi) is 11.2. The van der Waals surface area contributed by atoms with Crippen LogP contribution in [0.2, 0.25) is 0 Å². The first-order chi connectivity index (χ1) is 15.2. The summed E-state index contributed by atoms with van der Waals surface area (Å²) in [6, 6.07) is 12.2. The molecule has 170 valence electrons. The summed E-state index contributed by atoms with van der Waals surface area (Å²) in [6.07, 6.45) is 2.84. The van der Waals surface area contributed by atoms with Gasteiger partial charge < -0.3 is 25.0 Å². The third-order valence-corrected chi connectivity index (χ3v) is 4.90. The molecule has 0 bridgehead atoms. The van der Waals surface area contributed by atoms with Crippen LogP contribution in [0.15, 0.2) is 47.6 Å². The first kappa shape index (κ1) is 24.5. The molecule has 7 heteroatoms. The number of aromatic nitrogens is 1. The summed E-state index contributed by atoms with van der Waals surface area (Å²) in [4.78, 5) is 11.6. The van der Waals surface area contributed by atoms with Crippen molar-refractivity contribution in [2.45, 2.75) is 40.3 Å². The third kappa shape index (κ3) is 8.84. The molecule has 0 atom stereocenters. The van der Waals surface area contributed by atoms with Gasteiger partial charge in [-0.05, 0) is 56.5 Å². The van der Waals surface area contributed by atoms with Crippen LogP contribution in [0.25, 0.3) is 0 Å². The van der Waals surface area contributed by atoms with Gasteiger partial charge in [-0.15, -0.1) is 0 Å². The van der Waals surface area contributed by atoms with Crippen LogP contribution in [-0.4, -0.2) is 50.9 Å². The number of guanidine groups is 1. The summed E-state index contributed by atoms with van der Waals surface area (Å²) in [5.41, 5.74) is 2.24. The first-order valence-electron chi connectivity index (χ1n) is 11.1. The van der Waals surface area contributed by atoms with Crippen molar-refractivity contribution in [3.8, 4) is 5.75 Å². The van der Waals surface area contributed by atoms with Crippen molar-refractivity contribution in [2.75, 3.05) is 44.9 Å². The molecule has 0 saturated heterocycles. The highest BCUT2D eigenvalue weighted by Gasteiger charge is 2.04. The fourth-order valence-electron chi connectivity index (χ4n) is 3.04. The van der Waals surface area contributed by atoms with Crippen molar-refractivity contribution in [3.63, 3.8) is 0 Å². The van der Waals surface area contributed by atoms with Crippen LogP contribution < -0.4 is 20.3 Å². The molecule has 2 aromatic rings. The Morgan fingerprint density at radius 2 is 1.74 bits per heavy atom. The van der Waals surface area contributed by atoms with Crippen molar-refractivity contribution < 1.29 is 9.47 Å². The van der Waals surface area contributed by atoms with Crippen LogP contribution >= 0.6 is 0 Å². The molecule has 0 aliphatic carbocycles. The van der Waals surface area contributed by atoms with E-state index in [1.54, 1.807) is 7.11 Å². The number of hydrogen-bond donors (Lipinski definition) is 2. The number of rotatable bonds is 13. The van der Waals surface area contributed by atoms with E-state index in [0.717, 1.165) is 67.9 Å². The van der Waals surface area contributed by atoms with Gasteiger partial charge in [-0.1, -0.05) is 18.2 Å². The fourth-order valence-corrected chi connectivity index (χ4v) is 3.04. The molecule has 0 aliphatic rings. The quantitative estimate of drug-likeness (QED) is 0.289. The molecular weight excluding hydrogens is 390 g/mol. The molecular formula is C24H37N5O2. The molecule has 0 unspecified atom stereocenters. The molecule has 7 nitrogen and oxygen atoms in total. The van der Waals surface area contributed by atoms with Gasteiger partial charge in [-0.2, -0.15) is 0 Å². The second kappa shape index (κ2) is 14.2. The van der Waals surface area contributed by atoms with E-state index in [0.29, 0.717) is 13.1 Å². The molecule has 0 saturated carbocycles.